The third-order valence-corrected chi connectivity index (χ3v) is 5.02. The Hall–Kier alpha value is -2.37. The maximum absolute atomic E-state index is 12.5. The zero-order valence-corrected chi connectivity index (χ0v) is 19.4. The summed E-state index contributed by atoms with van der Waals surface area (Å²) in [5.41, 5.74) is -0.0991. The molecule has 0 aliphatic carbocycles. The molecule has 0 unspecified atom stereocenters. The molecule has 0 bridgehead atoms. The summed E-state index contributed by atoms with van der Waals surface area (Å²) in [5.74, 6) is -1.21. The fourth-order valence-electron chi connectivity index (χ4n) is 3.17. The van der Waals surface area contributed by atoms with Crippen molar-refractivity contribution in [1.29, 1.82) is 0 Å². The van der Waals surface area contributed by atoms with Gasteiger partial charge in [0.05, 0.1) is 29.9 Å². The molecule has 1 rings (SSSR count). The predicted molar refractivity (Wildman–Crippen MR) is 121 cm³/mol. The van der Waals surface area contributed by atoms with E-state index in [2.05, 4.69) is 27.7 Å². The first-order chi connectivity index (χ1) is 14.7. The fraction of sp³-hybridized carbons (Fsp3) is 0.640. The van der Waals surface area contributed by atoms with E-state index in [-0.39, 0.29) is 29.9 Å². The zero-order chi connectivity index (χ0) is 23.2. The Labute approximate surface area is 186 Å². The van der Waals surface area contributed by atoms with Crippen molar-refractivity contribution in [2.45, 2.75) is 79.1 Å². The minimum absolute atomic E-state index is 0.0389. The van der Waals surface area contributed by atoms with Crippen molar-refractivity contribution < 1.29 is 29.0 Å². The molecular formula is C25H38O6. The van der Waals surface area contributed by atoms with Crippen LogP contribution in [0.2, 0.25) is 0 Å². The van der Waals surface area contributed by atoms with Crippen molar-refractivity contribution in [2.75, 3.05) is 13.2 Å². The largest absolute Gasteiger partial charge is 0.478 e. The van der Waals surface area contributed by atoms with E-state index in [1.165, 1.54) is 18.2 Å². The summed E-state index contributed by atoms with van der Waals surface area (Å²) in [6, 6.07) is 3.80. The molecule has 0 atom stereocenters. The van der Waals surface area contributed by atoms with E-state index in [9.17, 15) is 19.5 Å². The second-order valence-corrected chi connectivity index (χ2v) is 8.82. The Balaban J connectivity index is 2.65. The number of carboxylic acid groups (broad SMARTS) is 1. The average molecular weight is 435 g/mol. The zero-order valence-electron chi connectivity index (χ0n) is 19.4. The minimum Gasteiger partial charge on any atom is -0.478 e. The van der Waals surface area contributed by atoms with Gasteiger partial charge in [-0.15, -0.1) is 0 Å². The normalized spacial score (nSPS) is 11.0. The quantitative estimate of drug-likeness (QED) is 0.264. The van der Waals surface area contributed by atoms with Crippen LogP contribution in [0.3, 0.4) is 0 Å². The molecule has 0 saturated heterocycles. The van der Waals surface area contributed by atoms with E-state index in [0.717, 1.165) is 51.4 Å². The van der Waals surface area contributed by atoms with Crippen molar-refractivity contribution in [3.63, 3.8) is 0 Å². The lowest BCUT2D eigenvalue weighted by atomic mass is 10.0. The monoisotopic (exact) mass is 434 g/mol. The highest BCUT2D eigenvalue weighted by atomic mass is 16.5. The second kappa shape index (κ2) is 14.6. The fourth-order valence-corrected chi connectivity index (χ4v) is 3.17. The van der Waals surface area contributed by atoms with Gasteiger partial charge in [-0.3, -0.25) is 0 Å². The van der Waals surface area contributed by atoms with Crippen LogP contribution in [0, 0.1) is 11.8 Å². The maximum Gasteiger partial charge on any atom is 0.339 e. The molecule has 0 saturated carbocycles. The van der Waals surface area contributed by atoms with Crippen LogP contribution in [0.5, 0.6) is 0 Å². The van der Waals surface area contributed by atoms with E-state index in [1.54, 1.807) is 0 Å². The first kappa shape index (κ1) is 26.7. The van der Waals surface area contributed by atoms with Gasteiger partial charge in [0.2, 0.25) is 0 Å². The lowest BCUT2D eigenvalue weighted by Gasteiger charge is -2.11. The Morgan fingerprint density at radius 3 is 1.68 bits per heavy atom. The van der Waals surface area contributed by atoms with Gasteiger partial charge in [0.25, 0.3) is 0 Å². The van der Waals surface area contributed by atoms with Crippen LogP contribution in [-0.2, 0) is 9.47 Å². The Kier molecular flexibility index (Phi) is 12.6. The molecule has 1 aromatic carbocycles. The molecule has 174 valence electrons. The van der Waals surface area contributed by atoms with Gasteiger partial charge < -0.3 is 14.6 Å². The molecule has 0 fully saturated rings. The molecule has 31 heavy (non-hydrogen) atoms. The van der Waals surface area contributed by atoms with Crippen molar-refractivity contribution in [3.05, 3.63) is 34.9 Å². The number of unbranched alkanes of at least 4 members (excludes halogenated alkanes) is 4. The third kappa shape index (κ3) is 11.0. The average Bonchev–Trinajstić information content (AvgIpc) is 2.71. The molecule has 1 aromatic rings. The van der Waals surface area contributed by atoms with E-state index in [4.69, 9.17) is 9.47 Å². The summed E-state index contributed by atoms with van der Waals surface area (Å²) in [7, 11) is 0. The van der Waals surface area contributed by atoms with Gasteiger partial charge in [0.15, 0.2) is 0 Å². The van der Waals surface area contributed by atoms with Crippen LogP contribution < -0.4 is 0 Å². The van der Waals surface area contributed by atoms with Gasteiger partial charge in [-0.2, -0.15) is 0 Å². The van der Waals surface area contributed by atoms with Crippen LogP contribution in [0.1, 0.15) is 110 Å². The van der Waals surface area contributed by atoms with Crippen molar-refractivity contribution >= 4 is 17.9 Å². The number of carboxylic acids is 1. The molecule has 0 aliphatic heterocycles. The first-order valence-corrected chi connectivity index (χ1v) is 11.4. The highest BCUT2D eigenvalue weighted by molar-refractivity contribution is 6.05. The molecule has 0 heterocycles. The van der Waals surface area contributed by atoms with Crippen LogP contribution in [0.4, 0.5) is 0 Å². The van der Waals surface area contributed by atoms with Crippen molar-refractivity contribution in [2.24, 2.45) is 11.8 Å². The van der Waals surface area contributed by atoms with Crippen molar-refractivity contribution in [3.8, 4) is 0 Å². The van der Waals surface area contributed by atoms with E-state index in [1.807, 2.05) is 0 Å². The van der Waals surface area contributed by atoms with E-state index >= 15 is 0 Å². The molecule has 6 nitrogen and oxygen atoms in total. The summed E-state index contributed by atoms with van der Waals surface area (Å²) in [5, 5.41) is 9.23. The summed E-state index contributed by atoms with van der Waals surface area (Å²) in [4.78, 5) is 36.3. The highest BCUT2D eigenvalue weighted by Crippen LogP contribution is 2.17. The number of ether oxygens (including phenoxy) is 2. The lowest BCUT2D eigenvalue weighted by Crippen LogP contribution is -2.16. The SMILES string of the molecule is CC(C)CCCCCOC(=O)c1ccc(C(=O)O)cc1C(=O)OCCCCCC(C)C. The van der Waals surface area contributed by atoms with Gasteiger partial charge >= 0.3 is 17.9 Å². The molecule has 0 aliphatic rings. The van der Waals surface area contributed by atoms with E-state index in [0.29, 0.717) is 11.8 Å². The molecule has 0 aromatic heterocycles. The van der Waals surface area contributed by atoms with E-state index < -0.39 is 17.9 Å². The topological polar surface area (TPSA) is 89.9 Å². The molecule has 0 spiro atoms. The maximum atomic E-state index is 12.5. The summed E-state index contributed by atoms with van der Waals surface area (Å²) < 4.78 is 10.6. The van der Waals surface area contributed by atoms with Crippen LogP contribution >= 0.6 is 0 Å². The Morgan fingerprint density at radius 1 is 0.742 bits per heavy atom. The summed E-state index contributed by atoms with van der Waals surface area (Å²) in [6.07, 6.45) is 7.81. The smallest absolute Gasteiger partial charge is 0.339 e. The van der Waals surface area contributed by atoms with Crippen LogP contribution in [0.15, 0.2) is 18.2 Å². The van der Waals surface area contributed by atoms with Crippen LogP contribution in [-0.4, -0.2) is 36.2 Å². The minimum atomic E-state index is -1.17. The summed E-state index contributed by atoms with van der Waals surface area (Å²) >= 11 is 0. The number of aromatic carboxylic acids is 1. The number of benzene rings is 1. The number of carbonyl (C=O) groups excluding carboxylic acids is 2. The first-order valence-electron chi connectivity index (χ1n) is 11.4. The standard InChI is InChI=1S/C25H38O6/c1-18(2)11-7-5-9-15-30-24(28)21-14-13-20(23(26)27)17-22(21)25(29)31-16-10-6-8-12-19(3)4/h13-14,17-19H,5-12,15-16H2,1-4H3,(H,26,27). The third-order valence-electron chi connectivity index (χ3n) is 5.02. The number of carbonyl (C=O) groups is 3. The number of esters is 2. The van der Waals surface area contributed by atoms with Crippen molar-refractivity contribution in [1.82, 2.24) is 0 Å². The summed E-state index contributed by atoms with van der Waals surface area (Å²) in [6.45, 7) is 9.18. The molecule has 6 heteroatoms. The molecular weight excluding hydrogens is 396 g/mol. The number of hydrogen-bond donors (Lipinski definition) is 1. The molecule has 0 radical (unpaired) electrons. The van der Waals surface area contributed by atoms with Gasteiger partial charge in [0, 0.05) is 0 Å². The lowest BCUT2D eigenvalue weighted by molar-refractivity contribution is 0.0449. The second-order valence-electron chi connectivity index (χ2n) is 8.82. The van der Waals surface area contributed by atoms with Gasteiger partial charge in [-0.1, -0.05) is 66.2 Å². The van der Waals surface area contributed by atoms with Gasteiger partial charge in [0.1, 0.15) is 0 Å². The highest BCUT2D eigenvalue weighted by Gasteiger charge is 2.21. The number of hydrogen-bond acceptors (Lipinski definition) is 5. The predicted octanol–water partition coefficient (Wildman–Crippen LogP) is 6.13. The Morgan fingerprint density at radius 2 is 1.23 bits per heavy atom. The molecule has 1 N–H and O–H groups in total. The van der Waals surface area contributed by atoms with Crippen LogP contribution in [0.25, 0.3) is 0 Å². The molecule has 0 amide bonds. The number of rotatable bonds is 15. The van der Waals surface area contributed by atoms with Gasteiger partial charge in [-0.05, 0) is 42.9 Å². The Bertz CT molecular complexity index is 708. The van der Waals surface area contributed by atoms with Gasteiger partial charge in [-0.25, -0.2) is 14.4 Å².